The summed E-state index contributed by atoms with van der Waals surface area (Å²) in [6.45, 7) is 0.247. The van der Waals surface area contributed by atoms with Gasteiger partial charge >= 0.3 is 6.18 Å². The van der Waals surface area contributed by atoms with E-state index >= 15 is 0 Å². The van der Waals surface area contributed by atoms with Gasteiger partial charge in [0.15, 0.2) is 5.69 Å². The van der Waals surface area contributed by atoms with E-state index in [1.165, 1.54) is 33.8 Å². The summed E-state index contributed by atoms with van der Waals surface area (Å²) in [7, 11) is 0. The maximum absolute atomic E-state index is 13.3. The molecule has 1 aliphatic heterocycles. The van der Waals surface area contributed by atoms with Crippen molar-refractivity contribution in [3.8, 4) is 0 Å². The lowest BCUT2D eigenvalue weighted by molar-refractivity contribution is -0.142. The molecule has 0 unspecified atom stereocenters. The lowest BCUT2D eigenvalue weighted by atomic mass is 10.0. The van der Waals surface area contributed by atoms with Gasteiger partial charge in [-0.1, -0.05) is 12.1 Å². The first-order valence-corrected chi connectivity index (χ1v) is 8.07. The number of hydrogen-bond acceptors (Lipinski definition) is 2. The maximum atomic E-state index is 13.3. The molecule has 0 saturated carbocycles. The molecule has 0 atom stereocenters. The largest absolute Gasteiger partial charge is 0.435 e. The van der Waals surface area contributed by atoms with E-state index in [1.54, 1.807) is 0 Å². The average molecular weight is 376 g/mol. The second kappa shape index (κ2) is 6.67. The molecule has 0 bridgehead atoms. The Bertz CT molecular complexity index is 786. The summed E-state index contributed by atoms with van der Waals surface area (Å²) < 4.78 is 54.1. The minimum Gasteiger partial charge on any atom is -0.335 e. The molecule has 0 radical (unpaired) electrons. The van der Waals surface area contributed by atoms with Crippen LogP contribution in [-0.4, -0.2) is 33.0 Å². The summed E-state index contributed by atoms with van der Waals surface area (Å²) in [6.07, 6.45) is -4.51. The Balaban J connectivity index is 1.98. The summed E-state index contributed by atoms with van der Waals surface area (Å²) in [6, 6.07) is 5.45. The van der Waals surface area contributed by atoms with Gasteiger partial charge in [-0.15, -0.1) is 11.6 Å². The molecule has 1 aromatic carbocycles. The van der Waals surface area contributed by atoms with Crippen molar-refractivity contribution in [1.82, 2.24) is 14.7 Å². The Morgan fingerprint density at radius 3 is 2.52 bits per heavy atom. The fraction of sp³-hybridized carbons (Fsp3) is 0.375. The van der Waals surface area contributed by atoms with Crippen LogP contribution in [0.25, 0.3) is 0 Å². The molecule has 2 heterocycles. The van der Waals surface area contributed by atoms with Crippen LogP contribution in [0.1, 0.15) is 22.5 Å². The van der Waals surface area contributed by atoms with Gasteiger partial charge in [-0.2, -0.15) is 18.3 Å². The van der Waals surface area contributed by atoms with Gasteiger partial charge in [0, 0.05) is 12.1 Å². The molecule has 134 valence electrons. The van der Waals surface area contributed by atoms with Gasteiger partial charge in [-0.25, -0.2) is 4.39 Å². The standard InChI is InChI=1S/C16H14ClF4N3O/c17-7-14(25)23-6-5-12-13(9-23)24(22-15(12)16(19,20)21)8-10-1-3-11(18)4-2-10/h1-4H,5-9H2. The highest BCUT2D eigenvalue weighted by Crippen LogP contribution is 2.35. The summed E-state index contributed by atoms with van der Waals surface area (Å²) >= 11 is 5.55. The highest BCUT2D eigenvalue weighted by atomic mass is 35.5. The number of carbonyl (C=O) groups excluding carboxylic acids is 1. The number of amides is 1. The fourth-order valence-electron chi connectivity index (χ4n) is 2.90. The molecular weight excluding hydrogens is 362 g/mol. The lowest BCUT2D eigenvalue weighted by Crippen LogP contribution is -2.37. The monoisotopic (exact) mass is 375 g/mol. The van der Waals surface area contributed by atoms with E-state index in [4.69, 9.17) is 11.6 Å². The molecule has 2 aromatic rings. The van der Waals surface area contributed by atoms with Crippen LogP contribution in [0.5, 0.6) is 0 Å². The van der Waals surface area contributed by atoms with Gasteiger partial charge in [0.2, 0.25) is 5.91 Å². The Morgan fingerprint density at radius 1 is 1.24 bits per heavy atom. The van der Waals surface area contributed by atoms with Crippen molar-refractivity contribution >= 4 is 17.5 Å². The Hall–Kier alpha value is -2.09. The molecule has 0 saturated heterocycles. The molecular formula is C16H14ClF4N3O. The number of carbonyl (C=O) groups is 1. The van der Waals surface area contributed by atoms with E-state index in [9.17, 15) is 22.4 Å². The maximum Gasteiger partial charge on any atom is 0.435 e. The molecule has 3 rings (SSSR count). The molecule has 25 heavy (non-hydrogen) atoms. The topological polar surface area (TPSA) is 38.1 Å². The van der Waals surface area contributed by atoms with E-state index in [0.29, 0.717) is 11.3 Å². The molecule has 1 aliphatic rings. The van der Waals surface area contributed by atoms with E-state index in [-0.39, 0.29) is 43.4 Å². The van der Waals surface area contributed by atoms with Crippen LogP contribution in [0, 0.1) is 5.82 Å². The zero-order valence-corrected chi connectivity index (χ0v) is 13.7. The highest BCUT2D eigenvalue weighted by Gasteiger charge is 2.40. The summed E-state index contributed by atoms with van der Waals surface area (Å²) in [5.74, 6) is -0.996. The number of benzene rings is 1. The van der Waals surface area contributed by atoms with E-state index in [1.807, 2.05) is 0 Å². The predicted octanol–water partition coefficient (Wildman–Crippen LogP) is 3.21. The molecule has 4 nitrogen and oxygen atoms in total. The summed E-state index contributed by atoms with van der Waals surface area (Å²) in [4.78, 5) is 13.2. The molecule has 0 aliphatic carbocycles. The normalized spacial score (nSPS) is 14.5. The number of aromatic nitrogens is 2. The molecule has 0 fully saturated rings. The molecule has 0 N–H and O–H groups in total. The van der Waals surface area contributed by atoms with Gasteiger partial charge in [0.05, 0.1) is 18.8 Å². The summed E-state index contributed by atoms with van der Waals surface area (Å²) in [5, 5.41) is 3.73. The minimum atomic E-state index is -4.57. The Morgan fingerprint density at radius 2 is 1.92 bits per heavy atom. The SMILES string of the molecule is O=C(CCl)N1CCc2c(C(F)(F)F)nn(Cc3ccc(F)cc3)c2C1. The van der Waals surface area contributed by atoms with Gasteiger partial charge < -0.3 is 4.90 Å². The van der Waals surface area contributed by atoms with Crippen molar-refractivity contribution in [2.24, 2.45) is 0 Å². The van der Waals surface area contributed by atoms with E-state index in [2.05, 4.69) is 5.10 Å². The van der Waals surface area contributed by atoms with E-state index in [0.717, 1.165) is 0 Å². The molecule has 9 heteroatoms. The first kappa shape index (κ1) is 17.7. The van der Waals surface area contributed by atoms with Crippen molar-refractivity contribution in [3.05, 3.63) is 52.6 Å². The number of hydrogen-bond donors (Lipinski definition) is 0. The Labute approximate surface area is 146 Å². The zero-order chi connectivity index (χ0) is 18.2. The van der Waals surface area contributed by atoms with Crippen molar-refractivity contribution in [1.29, 1.82) is 0 Å². The lowest BCUT2D eigenvalue weighted by Gasteiger charge is -2.27. The van der Waals surface area contributed by atoms with Crippen molar-refractivity contribution < 1.29 is 22.4 Å². The second-order valence-electron chi connectivity index (χ2n) is 5.75. The molecule has 1 aromatic heterocycles. The van der Waals surface area contributed by atoms with Gasteiger partial charge in [0.25, 0.3) is 0 Å². The van der Waals surface area contributed by atoms with Crippen LogP contribution >= 0.6 is 11.6 Å². The van der Waals surface area contributed by atoms with Crippen LogP contribution in [0.2, 0.25) is 0 Å². The second-order valence-corrected chi connectivity index (χ2v) is 6.02. The third-order valence-corrected chi connectivity index (χ3v) is 4.35. The number of alkyl halides is 4. The first-order valence-electron chi connectivity index (χ1n) is 7.53. The van der Waals surface area contributed by atoms with Crippen LogP contribution in [0.3, 0.4) is 0 Å². The summed E-state index contributed by atoms with van der Waals surface area (Å²) in [5.41, 5.74) is 0.124. The van der Waals surface area contributed by atoms with Gasteiger partial charge in [-0.3, -0.25) is 9.48 Å². The predicted molar refractivity (Wildman–Crippen MR) is 82.6 cm³/mol. The van der Waals surface area contributed by atoms with Gasteiger partial charge in [0.1, 0.15) is 11.7 Å². The first-order chi connectivity index (χ1) is 11.8. The third-order valence-electron chi connectivity index (χ3n) is 4.12. The zero-order valence-electron chi connectivity index (χ0n) is 13.0. The van der Waals surface area contributed by atoms with Crippen molar-refractivity contribution in [2.45, 2.75) is 25.7 Å². The Kier molecular flexibility index (Phi) is 4.73. The third kappa shape index (κ3) is 3.63. The quantitative estimate of drug-likeness (QED) is 0.610. The number of fused-ring (bicyclic) bond motifs is 1. The van der Waals surface area contributed by atoms with Crippen LogP contribution in [0.15, 0.2) is 24.3 Å². The number of halogens is 5. The molecule has 0 spiro atoms. The number of nitrogens with zero attached hydrogens (tertiary/aromatic N) is 3. The average Bonchev–Trinajstić information content (AvgIpc) is 2.94. The van der Waals surface area contributed by atoms with Crippen LogP contribution in [-0.2, 0) is 30.5 Å². The van der Waals surface area contributed by atoms with Crippen molar-refractivity contribution in [2.75, 3.05) is 12.4 Å². The molecule has 1 amide bonds. The highest BCUT2D eigenvalue weighted by molar-refractivity contribution is 6.27. The van der Waals surface area contributed by atoms with Crippen LogP contribution < -0.4 is 0 Å². The number of rotatable bonds is 3. The van der Waals surface area contributed by atoms with Crippen molar-refractivity contribution in [3.63, 3.8) is 0 Å². The fourth-order valence-corrected chi connectivity index (χ4v) is 3.07. The smallest absolute Gasteiger partial charge is 0.335 e. The van der Waals surface area contributed by atoms with Gasteiger partial charge in [-0.05, 0) is 24.1 Å². The van der Waals surface area contributed by atoms with E-state index < -0.39 is 17.7 Å². The minimum absolute atomic E-state index is 0.0190. The van der Waals surface area contributed by atoms with Crippen LogP contribution in [0.4, 0.5) is 17.6 Å².